The predicted molar refractivity (Wildman–Crippen MR) is 58.5 cm³/mol. The maximum Gasteiger partial charge on any atom is 0.224 e. The van der Waals surface area contributed by atoms with Crippen molar-refractivity contribution < 1.29 is 4.79 Å². The molecule has 0 saturated carbocycles. The SMILES string of the molecule is Cc1csc(C(=O)c2cnnn2C)c1Cl. The van der Waals surface area contributed by atoms with Gasteiger partial charge in [0.05, 0.1) is 16.1 Å². The Balaban J connectivity index is 2.46. The van der Waals surface area contributed by atoms with E-state index in [4.69, 9.17) is 11.6 Å². The lowest BCUT2D eigenvalue weighted by atomic mass is 10.2. The van der Waals surface area contributed by atoms with E-state index in [0.29, 0.717) is 15.6 Å². The molecule has 0 aliphatic heterocycles. The van der Waals surface area contributed by atoms with Crippen LogP contribution in [-0.4, -0.2) is 20.8 Å². The van der Waals surface area contributed by atoms with E-state index < -0.39 is 0 Å². The molecule has 0 amide bonds. The standard InChI is InChI=1S/C9H8ClN3OS/c1-5-4-15-9(7(5)10)8(14)6-3-11-12-13(6)2/h3-4H,1-2H3. The number of thiophene rings is 1. The predicted octanol–water partition coefficient (Wildman–Crippen LogP) is 2.07. The smallest absolute Gasteiger partial charge is 0.224 e. The van der Waals surface area contributed by atoms with Gasteiger partial charge in [-0.15, -0.1) is 16.4 Å². The van der Waals surface area contributed by atoms with Crippen LogP contribution in [0, 0.1) is 6.92 Å². The highest BCUT2D eigenvalue weighted by molar-refractivity contribution is 7.13. The van der Waals surface area contributed by atoms with Crippen molar-refractivity contribution in [3.63, 3.8) is 0 Å². The fourth-order valence-corrected chi connectivity index (χ4v) is 2.42. The van der Waals surface area contributed by atoms with Gasteiger partial charge in [-0.2, -0.15) is 0 Å². The Morgan fingerprint density at radius 1 is 1.60 bits per heavy atom. The normalized spacial score (nSPS) is 10.6. The summed E-state index contributed by atoms with van der Waals surface area (Å²) >= 11 is 7.35. The minimum Gasteiger partial charge on any atom is -0.286 e. The van der Waals surface area contributed by atoms with Gasteiger partial charge in [-0.05, 0) is 17.9 Å². The number of halogens is 1. The van der Waals surface area contributed by atoms with Gasteiger partial charge >= 0.3 is 0 Å². The highest BCUT2D eigenvalue weighted by atomic mass is 35.5. The van der Waals surface area contributed by atoms with E-state index in [2.05, 4.69) is 10.3 Å². The molecule has 0 aromatic carbocycles. The second-order valence-corrected chi connectivity index (χ2v) is 4.39. The van der Waals surface area contributed by atoms with Crippen LogP contribution in [0.1, 0.15) is 20.9 Å². The van der Waals surface area contributed by atoms with Crippen molar-refractivity contribution in [2.75, 3.05) is 0 Å². The van der Waals surface area contributed by atoms with Gasteiger partial charge in [0.1, 0.15) is 5.69 Å². The van der Waals surface area contributed by atoms with Crippen molar-refractivity contribution in [1.82, 2.24) is 15.0 Å². The molecule has 0 atom stereocenters. The summed E-state index contributed by atoms with van der Waals surface area (Å²) in [5, 5.41) is 9.75. The molecule has 0 N–H and O–H groups in total. The van der Waals surface area contributed by atoms with Crippen LogP contribution < -0.4 is 0 Å². The van der Waals surface area contributed by atoms with E-state index in [0.717, 1.165) is 5.56 Å². The summed E-state index contributed by atoms with van der Waals surface area (Å²) in [4.78, 5) is 12.5. The van der Waals surface area contributed by atoms with E-state index in [1.165, 1.54) is 22.2 Å². The molecule has 0 aliphatic carbocycles. The first-order valence-electron chi connectivity index (χ1n) is 4.24. The zero-order valence-corrected chi connectivity index (χ0v) is 9.76. The molecule has 0 bridgehead atoms. The van der Waals surface area contributed by atoms with Crippen LogP contribution in [0.25, 0.3) is 0 Å². The minimum atomic E-state index is -0.134. The molecule has 0 aliphatic rings. The van der Waals surface area contributed by atoms with Gasteiger partial charge in [0.2, 0.25) is 5.78 Å². The lowest BCUT2D eigenvalue weighted by Crippen LogP contribution is -2.07. The molecule has 2 heterocycles. The van der Waals surface area contributed by atoms with Gasteiger partial charge in [0.15, 0.2) is 0 Å². The van der Waals surface area contributed by atoms with Gasteiger partial charge < -0.3 is 0 Å². The number of hydrogen-bond donors (Lipinski definition) is 0. The lowest BCUT2D eigenvalue weighted by molar-refractivity contribution is 0.103. The van der Waals surface area contributed by atoms with Crippen LogP contribution in [0.3, 0.4) is 0 Å². The Hall–Kier alpha value is -1.20. The molecular formula is C9H8ClN3OS. The van der Waals surface area contributed by atoms with Crippen molar-refractivity contribution in [3.05, 3.63) is 32.7 Å². The molecule has 6 heteroatoms. The van der Waals surface area contributed by atoms with Gasteiger partial charge in [-0.25, -0.2) is 4.68 Å². The number of aromatic nitrogens is 3. The highest BCUT2D eigenvalue weighted by Crippen LogP contribution is 2.28. The quantitative estimate of drug-likeness (QED) is 0.757. The molecule has 2 aromatic rings. The number of ketones is 1. The number of carbonyl (C=O) groups is 1. The third-order valence-corrected chi connectivity index (χ3v) is 3.75. The van der Waals surface area contributed by atoms with E-state index in [1.54, 1.807) is 7.05 Å². The summed E-state index contributed by atoms with van der Waals surface area (Å²) in [6, 6.07) is 0. The summed E-state index contributed by atoms with van der Waals surface area (Å²) in [5.41, 5.74) is 1.36. The monoisotopic (exact) mass is 241 g/mol. The van der Waals surface area contributed by atoms with Crippen molar-refractivity contribution in [2.24, 2.45) is 7.05 Å². The summed E-state index contributed by atoms with van der Waals surface area (Å²) in [6.45, 7) is 1.87. The van der Waals surface area contributed by atoms with E-state index in [1.807, 2.05) is 12.3 Å². The van der Waals surface area contributed by atoms with Crippen molar-refractivity contribution in [3.8, 4) is 0 Å². The number of nitrogens with zero attached hydrogens (tertiary/aromatic N) is 3. The molecule has 2 rings (SSSR count). The minimum absolute atomic E-state index is 0.134. The largest absolute Gasteiger partial charge is 0.286 e. The van der Waals surface area contributed by atoms with Crippen LogP contribution in [0.5, 0.6) is 0 Å². The second kappa shape index (κ2) is 3.75. The Bertz CT molecular complexity index is 517. The second-order valence-electron chi connectivity index (χ2n) is 3.13. The zero-order chi connectivity index (χ0) is 11.0. The first-order chi connectivity index (χ1) is 7.11. The Labute approximate surface area is 95.5 Å². The molecule has 0 spiro atoms. The maximum atomic E-state index is 12.0. The van der Waals surface area contributed by atoms with E-state index in [9.17, 15) is 4.79 Å². The van der Waals surface area contributed by atoms with Gasteiger partial charge in [0.25, 0.3) is 0 Å². The van der Waals surface area contributed by atoms with Crippen molar-refractivity contribution in [2.45, 2.75) is 6.92 Å². The van der Waals surface area contributed by atoms with Crippen LogP contribution >= 0.6 is 22.9 Å². The summed E-state index contributed by atoms with van der Waals surface area (Å²) in [5.74, 6) is -0.134. The number of aryl methyl sites for hydroxylation is 2. The molecule has 15 heavy (non-hydrogen) atoms. The van der Waals surface area contributed by atoms with Crippen LogP contribution in [0.15, 0.2) is 11.6 Å². The molecule has 0 radical (unpaired) electrons. The maximum absolute atomic E-state index is 12.0. The topological polar surface area (TPSA) is 47.8 Å². The van der Waals surface area contributed by atoms with Crippen molar-refractivity contribution >= 4 is 28.7 Å². The average Bonchev–Trinajstić information content (AvgIpc) is 2.75. The molecule has 0 fully saturated rings. The zero-order valence-electron chi connectivity index (χ0n) is 8.19. The van der Waals surface area contributed by atoms with Crippen LogP contribution in [0.4, 0.5) is 0 Å². The lowest BCUT2D eigenvalue weighted by Gasteiger charge is -1.97. The molecule has 78 valence electrons. The van der Waals surface area contributed by atoms with Gasteiger partial charge in [-0.3, -0.25) is 4.79 Å². The Kier molecular flexibility index (Phi) is 2.58. The molecular weight excluding hydrogens is 234 g/mol. The fourth-order valence-electron chi connectivity index (χ4n) is 1.19. The molecule has 0 unspecified atom stereocenters. The fraction of sp³-hybridized carbons (Fsp3) is 0.222. The van der Waals surface area contributed by atoms with E-state index in [-0.39, 0.29) is 5.78 Å². The van der Waals surface area contributed by atoms with Crippen molar-refractivity contribution in [1.29, 1.82) is 0 Å². The van der Waals surface area contributed by atoms with Crippen LogP contribution in [-0.2, 0) is 7.05 Å². The Morgan fingerprint density at radius 3 is 2.80 bits per heavy atom. The summed E-state index contributed by atoms with van der Waals surface area (Å²) < 4.78 is 1.44. The molecule has 2 aromatic heterocycles. The first kappa shape index (κ1) is 10.3. The third kappa shape index (κ3) is 1.68. The van der Waals surface area contributed by atoms with E-state index >= 15 is 0 Å². The van der Waals surface area contributed by atoms with Crippen LogP contribution in [0.2, 0.25) is 5.02 Å². The molecule has 0 saturated heterocycles. The first-order valence-corrected chi connectivity index (χ1v) is 5.50. The number of carbonyl (C=O) groups excluding carboxylic acids is 1. The Morgan fingerprint density at radius 2 is 2.33 bits per heavy atom. The van der Waals surface area contributed by atoms with Gasteiger partial charge in [0, 0.05) is 7.05 Å². The summed E-state index contributed by atoms with van der Waals surface area (Å²) in [6.07, 6.45) is 1.44. The third-order valence-electron chi connectivity index (χ3n) is 2.05. The molecule has 4 nitrogen and oxygen atoms in total. The number of rotatable bonds is 2. The summed E-state index contributed by atoms with van der Waals surface area (Å²) in [7, 11) is 1.68. The average molecular weight is 242 g/mol. The van der Waals surface area contributed by atoms with Gasteiger partial charge in [-0.1, -0.05) is 16.8 Å². The number of hydrogen-bond acceptors (Lipinski definition) is 4. The highest BCUT2D eigenvalue weighted by Gasteiger charge is 2.19.